The van der Waals surface area contributed by atoms with Crippen LogP contribution in [0.4, 0.5) is 0 Å². The van der Waals surface area contributed by atoms with Crippen LogP contribution in [0.1, 0.15) is 105 Å². The number of allylic oxidation sites excluding steroid dienone is 7. The average molecular weight is 995 g/mol. The number of hydrogen-bond donors (Lipinski definition) is 9. The summed E-state index contributed by atoms with van der Waals surface area (Å²) in [6, 6.07) is 1.35. The molecule has 0 radical (unpaired) electrons. The summed E-state index contributed by atoms with van der Waals surface area (Å²) in [5, 5.41) is 69.5. The first-order valence-electron chi connectivity index (χ1n) is 23.5. The smallest absolute Gasteiger partial charge is 0.448 e. The summed E-state index contributed by atoms with van der Waals surface area (Å²) in [5.74, 6) is -3.64. The molecule has 0 saturated carbocycles. The largest absolute Gasteiger partial charge is 0.469 e. The zero-order valence-corrected chi connectivity index (χ0v) is 43.1. The highest BCUT2D eigenvalue weighted by molar-refractivity contribution is 7.46. The van der Waals surface area contributed by atoms with Crippen LogP contribution < -0.4 is 10.6 Å². The van der Waals surface area contributed by atoms with Gasteiger partial charge < -0.3 is 69.3 Å². The van der Waals surface area contributed by atoms with E-state index >= 15 is 0 Å². The molecule has 2 saturated heterocycles. The minimum absolute atomic E-state index is 0.0646. The van der Waals surface area contributed by atoms with Crippen LogP contribution in [0.2, 0.25) is 0 Å². The Morgan fingerprint density at radius 2 is 1.77 bits per heavy atom. The zero-order valence-electron chi connectivity index (χ0n) is 42.2. The number of hydrogen-bond acceptors (Lipinski definition) is 16. The molecule has 0 unspecified atom stereocenters. The fourth-order valence-electron chi connectivity index (χ4n) is 8.78. The van der Waals surface area contributed by atoms with E-state index in [1.165, 1.54) is 26.6 Å². The molecule has 0 aliphatic carbocycles. The quantitative estimate of drug-likeness (QED) is 0.0354. The Morgan fingerprint density at radius 1 is 1.09 bits per heavy atom. The third-order valence-electron chi connectivity index (χ3n) is 13.8. The van der Waals surface area contributed by atoms with Crippen molar-refractivity contribution in [2.75, 3.05) is 34.4 Å². The average Bonchev–Trinajstić information content (AvgIpc) is 3.84. The van der Waals surface area contributed by atoms with E-state index in [1.54, 1.807) is 33.9 Å². The molecule has 1 spiro atoms. The molecule has 3 rings (SSSR count). The number of amides is 1. The Balaban J connectivity index is 1.74. The lowest BCUT2D eigenvalue weighted by Gasteiger charge is -2.50. The Labute approximate surface area is 407 Å². The van der Waals surface area contributed by atoms with Gasteiger partial charge in [-0.2, -0.15) is 5.26 Å². The van der Waals surface area contributed by atoms with Crippen molar-refractivity contribution in [3.05, 3.63) is 71.0 Å². The van der Waals surface area contributed by atoms with Crippen molar-refractivity contribution in [3.63, 3.8) is 0 Å². The normalized spacial score (nSPS) is 27.7. The molecule has 0 aromatic carbocycles. The SMILES string of the molecule is CN[C@@H](COC)[C@H](O)[C@H](O)C(=O)NCC[C@H](C)c1nc(/C=C/C[C@@H]2O[C@]3(C[C@@H](O)[C@@H]2C)O[C@H]([C@H](C[C@H](O)[C@H](C)[C@H](O)[C@H](C)/C=C(C)/C(C)=C/C=C/C(C)=C\C#N)OC)[C@H](OP(=O)(O)O)C3(C)C)co1. The van der Waals surface area contributed by atoms with Gasteiger partial charge in [0, 0.05) is 68.8 Å². The van der Waals surface area contributed by atoms with Crippen molar-refractivity contribution in [2.45, 2.75) is 161 Å². The number of aliphatic hydroxyl groups is 5. The third kappa shape index (κ3) is 16.3. The van der Waals surface area contributed by atoms with Crippen molar-refractivity contribution in [1.29, 1.82) is 5.26 Å². The van der Waals surface area contributed by atoms with E-state index < -0.39 is 97.7 Å². The standard InChI is InChI=1S/C49H79N4O15P/c1-28(19-21-50)15-13-16-29(2)31(4)23-32(5)41(56)34(7)37(54)24-40(64-12)44-45(68-69(60,61)62)48(8,9)49(67-44)25-38(55)33(6)39(66-49)18-14-17-35-26-65-47(53-35)30(3)20-22-52-46(59)43(58)42(57)36(51-10)27-63-11/h13-17,19,23,26,30,32-34,36-45,51,54-58H,18,20,22,24-25,27H2,1-12H3,(H,52,59)(H2,60,61,62)/b15-13+,17-14+,28-19-,29-16+,31-23+/t30-,32+,33-,34-,36-,37-,38+,39-,40-,41+,42-,43-,44+,45-,49+/m0/s1. The molecule has 20 heteroatoms. The van der Waals surface area contributed by atoms with Crippen molar-refractivity contribution >= 4 is 19.8 Å². The molecule has 1 aromatic rings. The number of phosphoric ester groups is 1. The first kappa shape index (κ1) is 59.9. The van der Waals surface area contributed by atoms with E-state index in [0.717, 1.165) is 16.7 Å². The van der Waals surface area contributed by atoms with Crippen LogP contribution in [0.25, 0.3) is 6.08 Å². The highest BCUT2D eigenvalue weighted by Gasteiger charge is 2.68. The van der Waals surface area contributed by atoms with E-state index in [2.05, 4.69) is 15.6 Å². The van der Waals surface area contributed by atoms with Crippen LogP contribution in [0.15, 0.2) is 63.9 Å². The Bertz CT molecular complexity index is 2040. The van der Waals surface area contributed by atoms with Crippen LogP contribution in [-0.4, -0.2) is 147 Å². The van der Waals surface area contributed by atoms with Crippen LogP contribution in [-0.2, 0) is 32.8 Å². The van der Waals surface area contributed by atoms with Gasteiger partial charge in [0.1, 0.15) is 30.3 Å². The molecule has 15 atom stereocenters. The summed E-state index contributed by atoms with van der Waals surface area (Å²) < 4.78 is 48.1. The second kappa shape index (κ2) is 26.9. The summed E-state index contributed by atoms with van der Waals surface area (Å²) in [6.07, 6.45) is 4.07. The second-order valence-corrected chi connectivity index (χ2v) is 20.4. The van der Waals surface area contributed by atoms with Crippen LogP contribution >= 0.6 is 7.82 Å². The molecule has 19 nitrogen and oxygen atoms in total. The summed E-state index contributed by atoms with van der Waals surface area (Å²) in [6.45, 7) is 16.6. The number of nitriles is 1. The van der Waals surface area contributed by atoms with Gasteiger partial charge in [-0.1, -0.05) is 77.5 Å². The van der Waals surface area contributed by atoms with Gasteiger partial charge in [-0.3, -0.25) is 9.32 Å². The van der Waals surface area contributed by atoms with Gasteiger partial charge >= 0.3 is 7.82 Å². The first-order chi connectivity index (χ1) is 32.3. The fourth-order valence-corrected chi connectivity index (χ4v) is 9.46. The minimum atomic E-state index is -5.15. The predicted octanol–water partition coefficient (Wildman–Crippen LogP) is 4.35. The third-order valence-corrected chi connectivity index (χ3v) is 14.3. The monoisotopic (exact) mass is 995 g/mol. The van der Waals surface area contributed by atoms with Gasteiger partial charge in [0.05, 0.1) is 49.2 Å². The molecule has 2 aliphatic rings. The topological polar surface area (TPSA) is 296 Å². The number of phosphoric acid groups is 1. The van der Waals surface area contributed by atoms with E-state index in [0.29, 0.717) is 18.0 Å². The van der Waals surface area contributed by atoms with Gasteiger partial charge in [-0.25, -0.2) is 9.55 Å². The van der Waals surface area contributed by atoms with Crippen LogP contribution in [0.3, 0.4) is 0 Å². The first-order valence-corrected chi connectivity index (χ1v) is 25.0. The number of carbonyl (C=O) groups is 1. The number of carbonyl (C=O) groups excluding carboxylic acids is 1. The number of aliphatic hydroxyl groups excluding tert-OH is 5. The lowest BCUT2D eigenvalue weighted by Crippen LogP contribution is -2.58. The van der Waals surface area contributed by atoms with E-state index in [1.807, 2.05) is 78.0 Å². The molecular weight excluding hydrogens is 916 g/mol. The molecular formula is C49H79N4O15P. The maximum atomic E-state index is 12.5. The van der Waals surface area contributed by atoms with Crippen LogP contribution in [0.5, 0.6) is 0 Å². The van der Waals surface area contributed by atoms with Gasteiger partial charge in [-0.05, 0) is 57.9 Å². The summed E-state index contributed by atoms with van der Waals surface area (Å²) in [4.78, 5) is 37.4. The van der Waals surface area contributed by atoms with Gasteiger partial charge in [0.15, 0.2) is 17.8 Å². The highest BCUT2D eigenvalue weighted by atomic mass is 31.2. The lowest BCUT2D eigenvalue weighted by atomic mass is 9.72. The molecule has 9 N–H and O–H groups in total. The second-order valence-electron chi connectivity index (χ2n) is 19.2. The number of methoxy groups -OCH3 is 2. The highest BCUT2D eigenvalue weighted by Crippen LogP contribution is 2.59. The number of ether oxygens (including phenoxy) is 4. The number of rotatable bonds is 26. The number of likely N-dealkylation sites (N-methyl/N-ethyl adjacent to an activating group) is 1. The Hall–Kier alpha value is -3.42. The number of nitrogens with one attached hydrogen (secondary N) is 2. The Kier molecular flexibility index (Phi) is 23.3. The molecule has 69 heavy (non-hydrogen) atoms. The van der Waals surface area contributed by atoms with Crippen molar-refractivity contribution in [1.82, 2.24) is 15.6 Å². The molecule has 0 bridgehead atoms. The number of aromatic nitrogens is 1. The Morgan fingerprint density at radius 3 is 2.38 bits per heavy atom. The summed E-state index contributed by atoms with van der Waals surface area (Å²) in [5.41, 5.74) is 1.87. The fraction of sp³-hybridized carbons (Fsp3) is 0.694. The van der Waals surface area contributed by atoms with Gasteiger partial charge in [0.2, 0.25) is 0 Å². The summed E-state index contributed by atoms with van der Waals surface area (Å²) in [7, 11) is -0.735. The van der Waals surface area contributed by atoms with E-state index in [-0.39, 0.29) is 44.2 Å². The van der Waals surface area contributed by atoms with Crippen molar-refractivity contribution in [3.8, 4) is 6.07 Å². The van der Waals surface area contributed by atoms with E-state index in [4.69, 9.17) is 33.2 Å². The number of nitrogens with zero attached hydrogens (tertiary/aromatic N) is 2. The predicted molar refractivity (Wildman–Crippen MR) is 258 cm³/mol. The van der Waals surface area contributed by atoms with Gasteiger partial charge in [-0.15, -0.1) is 0 Å². The molecule has 1 amide bonds. The molecule has 2 aliphatic heterocycles. The van der Waals surface area contributed by atoms with Gasteiger partial charge in [0.25, 0.3) is 5.91 Å². The van der Waals surface area contributed by atoms with Crippen molar-refractivity contribution in [2.24, 2.45) is 23.2 Å². The van der Waals surface area contributed by atoms with E-state index in [9.17, 15) is 44.7 Å². The molecule has 1 aromatic heterocycles. The molecule has 3 heterocycles. The maximum absolute atomic E-state index is 12.5. The number of oxazole rings is 1. The summed E-state index contributed by atoms with van der Waals surface area (Å²) >= 11 is 0. The molecule has 390 valence electrons. The lowest BCUT2D eigenvalue weighted by molar-refractivity contribution is -0.334. The minimum Gasteiger partial charge on any atom is -0.448 e. The van der Waals surface area contributed by atoms with Crippen molar-refractivity contribution < 1.29 is 72.6 Å². The molecule has 2 fully saturated rings. The zero-order chi connectivity index (χ0) is 52.0. The van der Waals surface area contributed by atoms with Crippen LogP contribution in [0, 0.1) is 34.5 Å². The maximum Gasteiger partial charge on any atom is 0.469 e.